The third-order valence-corrected chi connectivity index (χ3v) is 4.80. The predicted molar refractivity (Wildman–Crippen MR) is 88.7 cm³/mol. The number of ether oxygens (including phenoxy) is 1. The zero-order valence-electron chi connectivity index (χ0n) is 14.0. The van der Waals surface area contributed by atoms with Gasteiger partial charge in [-0.1, -0.05) is 12.8 Å². The molecule has 1 aromatic carbocycles. The van der Waals surface area contributed by atoms with Crippen LogP contribution in [0.4, 0.5) is 13.2 Å². The van der Waals surface area contributed by atoms with E-state index in [0.29, 0.717) is 35.3 Å². The number of aryl methyl sites for hydroxylation is 1. The van der Waals surface area contributed by atoms with Gasteiger partial charge in [-0.25, -0.2) is 4.98 Å². The summed E-state index contributed by atoms with van der Waals surface area (Å²) in [6.45, 7) is 0. The Labute approximate surface area is 143 Å². The van der Waals surface area contributed by atoms with E-state index in [9.17, 15) is 18.0 Å². The lowest BCUT2D eigenvalue weighted by Crippen LogP contribution is -2.15. The maximum atomic E-state index is 12.5. The van der Waals surface area contributed by atoms with Gasteiger partial charge in [0.25, 0.3) is 5.56 Å². The van der Waals surface area contributed by atoms with Gasteiger partial charge in [-0.15, -0.1) is 0 Å². The highest BCUT2D eigenvalue weighted by atomic mass is 19.4. The lowest BCUT2D eigenvalue weighted by atomic mass is 10.1. The minimum Gasteiger partial charge on any atom is -0.497 e. The van der Waals surface area contributed by atoms with Gasteiger partial charge in [-0.3, -0.25) is 4.79 Å². The number of unbranched alkanes of at least 4 members (excludes halogenated alkanes) is 2. The highest BCUT2D eigenvalue weighted by Crippen LogP contribution is 2.52. The summed E-state index contributed by atoms with van der Waals surface area (Å²) in [5, 5.41) is 0. The standard InChI is InChI=1S/C18H21F3N2O2/c1-25-12-7-8-14-16(10-12)23-17(24)15(22-14)6-4-2-3-5-11-9-13(11)18(19,20)21/h7-8,10-11,13H,2-6,9H2,1H3,(H,23,24)/t11-,13+/m1/s1. The second-order valence-electron chi connectivity index (χ2n) is 6.64. The SMILES string of the molecule is COc1ccc2nc(CCCCC[C@@H]3C[C@@H]3C(F)(F)F)c(=O)[nH]c2c1. The molecule has 1 aliphatic rings. The van der Waals surface area contributed by atoms with Crippen molar-refractivity contribution in [1.82, 2.24) is 9.97 Å². The largest absolute Gasteiger partial charge is 0.497 e. The van der Waals surface area contributed by atoms with Crippen LogP contribution in [0, 0.1) is 11.8 Å². The van der Waals surface area contributed by atoms with Crippen molar-refractivity contribution in [2.45, 2.75) is 44.7 Å². The van der Waals surface area contributed by atoms with Crippen LogP contribution in [-0.4, -0.2) is 23.3 Å². The normalized spacial score (nSPS) is 20.0. The molecule has 3 rings (SSSR count). The molecular weight excluding hydrogens is 333 g/mol. The molecule has 1 saturated carbocycles. The number of halogens is 3. The van der Waals surface area contributed by atoms with E-state index in [4.69, 9.17) is 4.74 Å². The fraction of sp³-hybridized carbons (Fsp3) is 0.556. The Kier molecular flexibility index (Phi) is 5.01. The Hall–Kier alpha value is -2.05. The van der Waals surface area contributed by atoms with E-state index in [1.165, 1.54) is 0 Å². The van der Waals surface area contributed by atoms with Crippen LogP contribution >= 0.6 is 0 Å². The average Bonchev–Trinajstić information content (AvgIpc) is 3.34. The Morgan fingerprint density at radius 1 is 1.28 bits per heavy atom. The van der Waals surface area contributed by atoms with Gasteiger partial charge in [0.2, 0.25) is 0 Å². The maximum Gasteiger partial charge on any atom is 0.392 e. The second-order valence-corrected chi connectivity index (χ2v) is 6.64. The summed E-state index contributed by atoms with van der Waals surface area (Å²) in [4.78, 5) is 19.3. The zero-order valence-corrected chi connectivity index (χ0v) is 14.0. The molecule has 25 heavy (non-hydrogen) atoms. The number of fused-ring (bicyclic) bond motifs is 1. The number of nitrogens with one attached hydrogen (secondary N) is 1. The number of benzene rings is 1. The van der Waals surface area contributed by atoms with Gasteiger partial charge in [0.05, 0.1) is 24.1 Å². The number of aromatic amines is 1. The van der Waals surface area contributed by atoms with E-state index in [2.05, 4.69) is 9.97 Å². The van der Waals surface area contributed by atoms with Crippen LogP contribution in [0.1, 0.15) is 37.8 Å². The average molecular weight is 354 g/mol. The van der Waals surface area contributed by atoms with E-state index >= 15 is 0 Å². The Morgan fingerprint density at radius 2 is 2.08 bits per heavy atom. The number of alkyl halides is 3. The van der Waals surface area contributed by atoms with Gasteiger partial charge in [0.15, 0.2) is 0 Å². The monoisotopic (exact) mass is 354 g/mol. The lowest BCUT2D eigenvalue weighted by molar-refractivity contribution is -0.151. The molecule has 0 unspecified atom stereocenters. The fourth-order valence-electron chi connectivity index (χ4n) is 3.24. The predicted octanol–water partition coefficient (Wildman–Crippen LogP) is 4.23. The van der Waals surface area contributed by atoms with Crippen molar-refractivity contribution in [3.8, 4) is 5.75 Å². The number of hydrogen-bond acceptors (Lipinski definition) is 3. The molecule has 2 aromatic rings. The number of hydrogen-bond donors (Lipinski definition) is 1. The number of nitrogens with zero attached hydrogens (tertiary/aromatic N) is 1. The van der Waals surface area contributed by atoms with Gasteiger partial charge in [0.1, 0.15) is 11.4 Å². The number of methoxy groups -OCH3 is 1. The molecular formula is C18H21F3N2O2. The van der Waals surface area contributed by atoms with Crippen LogP contribution in [0.2, 0.25) is 0 Å². The summed E-state index contributed by atoms with van der Waals surface area (Å²) in [5.74, 6) is -0.637. The first kappa shape index (κ1) is 17.8. The Balaban J connectivity index is 1.49. The molecule has 1 heterocycles. The molecule has 7 heteroatoms. The summed E-state index contributed by atoms with van der Waals surface area (Å²) in [7, 11) is 1.56. The minimum atomic E-state index is -4.03. The third-order valence-electron chi connectivity index (χ3n) is 4.80. The van der Waals surface area contributed by atoms with Crippen LogP contribution in [0.3, 0.4) is 0 Å². The molecule has 0 bridgehead atoms. The summed E-state index contributed by atoms with van der Waals surface area (Å²) in [6, 6.07) is 5.29. The molecule has 0 radical (unpaired) electrons. The van der Waals surface area contributed by atoms with Crippen molar-refractivity contribution in [3.05, 3.63) is 34.2 Å². The molecule has 1 fully saturated rings. The maximum absolute atomic E-state index is 12.5. The first-order valence-electron chi connectivity index (χ1n) is 8.52. The third kappa shape index (κ3) is 4.32. The van der Waals surface area contributed by atoms with Crippen molar-refractivity contribution < 1.29 is 17.9 Å². The Morgan fingerprint density at radius 3 is 2.76 bits per heavy atom. The first-order valence-corrected chi connectivity index (χ1v) is 8.52. The summed E-state index contributed by atoms with van der Waals surface area (Å²) in [5.41, 5.74) is 1.57. The van der Waals surface area contributed by atoms with E-state index in [-0.39, 0.29) is 17.9 Å². The molecule has 0 amide bonds. The smallest absolute Gasteiger partial charge is 0.392 e. The van der Waals surface area contributed by atoms with Crippen LogP contribution in [0.5, 0.6) is 5.75 Å². The van der Waals surface area contributed by atoms with Crippen LogP contribution in [-0.2, 0) is 6.42 Å². The molecule has 4 nitrogen and oxygen atoms in total. The van der Waals surface area contributed by atoms with E-state index in [0.717, 1.165) is 19.3 Å². The molecule has 0 aliphatic heterocycles. The second kappa shape index (κ2) is 7.06. The molecule has 136 valence electrons. The highest BCUT2D eigenvalue weighted by Gasteiger charge is 2.54. The summed E-state index contributed by atoms with van der Waals surface area (Å²) in [6.07, 6.45) is -0.283. The fourth-order valence-corrected chi connectivity index (χ4v) is 3.24. The van der Waals surface area contributed by atoms with Crippen LogP contribution in [0.25, 0.3) is 11.0 Å². The summed E-state index contributed by atoms with van der Waals surface area (Å²) >= 11 is 0. The van der Waals surface area contributed by atoms with Crippen molar-refractivity contribution in [2.75, 3.05) is 7.11 Å². The van der Waals surface area contributed by atoms with Gasteiger partial charge < -0.3 is 9.72 Å². The minimum absolute atomic E-state index is 0.197. The molecule has 2 atom stereocenters. The first-order chi connectivity index (χ1) is 11.9. The summed E-state index contributed by atoms with van der Waals surface area (Å²) < 4.78 is 42.5. The topological polar surface area (TPSA) is 55.0 Å². The van der Waals surface area contributed by atoms with Gasteiger partial charge in [-0.2, -0.15) is 13.2 Å². The van der Waals surface area contributed by atoms with Gasteiger partial charge in [0, 0.05) is 6.07 Å². The molecule has 1 aliphatic carbocycles. The van der Waals surface area contributed by atoms with E-state index < -0.39 is 12.1 Å². The number of rotatable bonds is 7. The highest BCUT2D eigenvalue weighted by molar-refractivity contribution is 5.75. The van der Waals surface area contributed by atoms with Crippen molar-refractivity contribution >= 4 is 11.0 Å². The molecule has 0 spiro atoms. The van der Waals surface area contributed by atoms with Crippen LogP contribution in [0.15, 0.2) is 23.0 Å². The zero-order chi connectivity index (χ0) is 18.0. The van der Waals surface area contributed by atoms with Gasteiger partial charge >= 0.3 is 6.18 Å². The van der Waals surface area contributed by atoms with E-state index in [1.54, 1.807) is 25.3 Å². The lowest BCUT2D eigenvalue weighted by Gasteiger charge is -2.06. The van der Waals surface area contributed by atoms with Crippen LogP contribution < -0.4 is 10.3 Å². The van der Waals surface area contributed by atoms with Gasteiger partial charge in [-0.05, 0) is 43.7 Å². The number of H-pyrrole nitrogens is 1. The van der Waals surface area contributed by atoms with Crippen molar-refractivity contribution in [1.29, 1.82) is 0 Å². The molecule has 1 aromatic heterocycles. The molecule has 0 saturated heterocycles. The quantitative estimate of drug-likeness (QED) is 0.757. The van der Waals surface area contributed by atoms with Crippen molar-refractivity contribution in [2.24, 2.45) is 11.8 Å². The Bertz CT molecular complexity index is 801. The van der Waals surface area contributed by atoms with Crippen molar-refractivity contribution in [3.63, 3.8) is 0 Å². The number of aromatic nitrogens is 2. The molecule has 1 N–H and O–H groups in total. The van der Waals surface area contributed by atoms with E-state index in [1.807, 2.05) is 0 Å².